The van der Waals surface area contributed by atoms with Crippen LogP contribution >= 0.6 is 27.5 Å². The summed E-state index contributed by atoms with van der Waals surface area (Å²) in [6.45, 7) is 0.251. The van der Waals surface area contributed by atoms with E-state index in [1.54, 1.807) is 29.0 Å². The maximum absolute atomic E-state index is 12.0. The van der Waals surface area contributed by atoms with Crippen molar-refractivity contribution in [2.45, 2.75) is 6.54 Å². The second-order valence-corrected chi connectivity index (χ2v) is 4.88. The van der Waals surface area contributed by atoms with Gasteiger partial charge in [0.1, 0.15) is 0 Å². The predicted octanol–water partition coefficient (Wildman–Crippen LogP) is 0.277. The second kappa shape index (κ2) is 7.02. The molecule has 0 fully saturated rings. The molecular formula is C13H10Br2ClNO. The van der Waals surface area contributed by atoms with Gasteiger partial charge in [0.05, 0.1) is 0 Å². The average molecular weight is 391 g/mol. The summed E-state index contributed by atoms with van der Waals surface area (Å²) >= 11 is 9.32. The monoisotopic (exact) mass is 389 g/mol. The van der Waals surface area contributed by atoms with E-state index in [-0.39, 0.29) is 29.3 Å². The predicted molar refractivity (Wildman–Crippen MR) is 70.1 cm³/mol. The summed E-state index contributed by atoms with van der Waals surface area (Å²) in [5, 5.41) is 0.554. The summed E-state index contributed by atoms with van der Waals surface area (Å²) in [5.41, 5.74) is 0.681. The van der Waals surface area contributed by atoms with Crippen LogP contribution in [-0.2, 0) is 6.54 Å². The third-order valence-electron chi connectivity index (χ3n) is 2.37. The van der Waals surface area contributed by atoms with Crippen molar-refractivity contribution < 1.29 is 26.3 Å². The Bertz CT molecular complexity index is 543. The number of nitrogens with zero attached hydrogens (tertiary/aromatic N) is 1. The molecule has 2 rings (SSSR count). The third-order valence-corrected chi connectivity index (χ3v) is 3.24. The molecule has 1 aromatic heterocycles. The molecule has 0 unspecified atom stereocenters. The minimum atomic E-state index is 0. The second-order valence-electron chi connectivity index (χ2n) is 3.58. The van der Waals surface area contributed by atoms with Gasteiger partial charge in [-0.3, -0.25) is 4.79 Å². The summed E-state index contributed by atoms with van der Waals surface area (Å²) in [6.07, 6.45) is 1.79. The van der Waals surface area contributed by atoms with Crippen LogP contribution in [0.2, 0.25) is 5.15 Å². The summed E-state index contributed by atoms with van der Waals surface area (Å²) in [5.74, 6) is 0.0376. The Morgan fingerprint density at radius 2 is 1.83 bits per heavy atom. The molecule has 0 spiro atoms. The lowest BCUT2D eigenvalue weighted by molar-refractivity contribution is -0.681. The van der Waals surface area contributed by atoms with E-state index in [1.807, 2.05) is 24.3 Å². The molecule has 0 saturated carbocycles. The Morgan fingerprint density at radius 1 is 1.17 bits per heavy atom. The van der Waals surface area contributed by atoms with Gasteiger partial charge in [0.15, 0.2) is 6.20 Å². The Morgan fingerprint density at radius 3 is 2.44 bits per heavy atom. The van der Waals surface area contributed by atoms with E-state index in [9.17, 15) is 4.79 Å². The largest absolute Gasteiger partial charge is 1.00 e. The molecule has 0 amide bonds. The van der Waals surface area contributed by atoms with Gasteiger partial charge in [0, 0.05) is 22.2 Å². The van der Waals surface area contributed by atoms with Crippen LogP contribution in [-0.4, -0.2) is 5.78 Å². The topological polar surface area (TPSA) is 20.9 Å². The normalized spacial score (nSPS) is 9.67. The van der Waals surface area contributed by atoms with Crippen LogP contribution < -0.4 is 21.5 Å². The first-order valence-electron chi connectivity index (χ1n) is 5.09. The first kappa shape index (κ1) is 15.3. The fourth-order valence-corrected chi connectivity index (χ4v) is 1.92. The zero-order chi connectivity index (χ0) is 12.3. The molecule has 2 nitrogen and oxygen atoms in total. The SMILES string of the molecule is O=C(C[n+]1ccccc1Cl)c1ccc(Br)cc1.[Br-]. The molecule has 94 valence electrons. The maximum atomic E-state index is 12.0. The highest BCUT2D eigenvalue weighted by Gasteiger charge is 2.14. The van der Waals surface area contributed by atoms with Crippen molar-refractivity contribution >= 4 is 33.3 Å². The summed E-state index contributed by atoms with van der Waals surface area (Å²) in [6, 6.07) is 12.7. The summed E-state index contributed by atoms with van der Waals surface area (Å²) in [7, 11) is 0. The molecule has 2 aromatic rings. The van der Waals surface area contributed by atoms with Crippen molar-refractivity contribution in [1.82, 2.24) is 0 Å². The van der Waals surface area contributed by atoms with Crippen molar-refractivity contribution in [2.24, 2.45) is 0 Å². The van der Waals surface area contributed by atoms with E-state index in [0.717, 1.165) is 4.47 Å². The van der Waals surface area contributed by atoms with Crippen LogP contribution in [0, 0.1) is 0 Å². The molecule has 0 bridgehead atoms. The molecule has 0 aliphatic rings. The maximum Gasteiger partial charge on any atom is 0.275 e. The highest BCUT2D eigenvalue weighted by molar-refractivity contribution is 9.10. The van der Waals surface area contributed by atoms with Crippen LogP contribution in [0.5, 0.6) is 0 Å². The van der Waals surface area contributed by atoms with E-state index >= 15 is 0 Å². The van der Waals surface area contributed by atoms with Crippen molar-refractivity contribution in [3.05, 3.63) is 63.9 Å². The quantitative estimate of drug-likeness (QED) is 0.418. The van der Waals surface area contributed by atoms with E-state index in [0.29, 0.717) is 10.7 Å². The highest BCUT2D eigenvalue weighted by atomic mass is 79.9. The number of aromatic nitrogens is 1. The van der Waals surface area contributed by atoms with Gasteiger partial charge in [0.25, 0.3) is 5.15 Å². The molecule has 0 aliphatic carbocycles. The number of halogens is 3. The van der Waals surface area contributed by atoms with Gasteiger partial charge in [-0.05, 0) is 29.8 Å². The van der Waals surface area contributed by atoms with Crippen molar-refractivity contribution in [1.29, 1.82) is 0 Å². The number of hydrogen-bond acceptors (Lipinski definition) is 1. The van der Waals surface area contributed by atoms with Gasteiger partial charge < -0.3 is 17.0 Å². The number of hydrogen-bond donors (Lipinski definition) is 0. The van der Waals surface area contributed by atoms with E-state index in [2.05, 4.69) is 15.9 Å². The number of benzene rings is 1. The third kappa shape index (κ3) is 3.90. The Kier molecular flexibility index (Phi) is 5.99. The molecule has 1 heterocycles. The zero-order valence-corrected chi connectivity index (χ0v) is 13.2. The van der Waals surface area contributed by atoms with Crippen molar-refractivity contribution in [3.8, 4) is 0 Å². The highest BCUT2D eigenvalue weighted by Crippen LogP contribution is 2.11. The number of rotatable bonds is 3. The van der Waals surface area contributed by atoms with Crippen LogP contribution in [0.4, 0.5) is 0 Å². The van der Waals surface area contributed by atoms with Gasteiger partial charge in [-0.1, -0.05) is 28.1 Å². The lowest BCUT2D eigenvalue weighted by atomic mass is 10.1. The molecule has 0 atom stereocenters. The number of pyridine rings is 1. The average Bonchev–Trinajstić information content (AvgIpc) is 2.33. The standard InChI is InChI=1S/C13H10BrClNO.BrH/c14-11-6-4-10(5-7-11)12(17)9-16-8-2-1-3-13(16)15;/h1-8H,9H2;1H/q+1;/p-1. The molecule has 0 N–H and O–H groups in total. The van der Waals surface area contributed by atoms with Crippen LogP contribution in [0.1, 0.15) is 10.4 Å². The number of ketones is 1. The van der Waals surface area contributed by atoms with E-state index < -0.39 is 0 Å². The Balaban J connectivity index is 0.00000162. The molecule has 0 aliphatic heterocycles. The van der Waals surface area contributed by atoms with Crippen molar-refractivity contribution in [2.75, 3.05) is 0 Å². The minimum Gasteiger partial charge on any atom is -1.00 e. The van der Waals surface area contributed by atoms with Gasteiger partial charge in [0.2, 0.25) is 12.3 Å². The first-order valence-corrected chi connectivity index (χ1v) is 6.26. The van der Waals surface area contributed by atoms with Gasteiger partial charge in [-0.2, -0.15) is 4.57 Å². The Labute approximate surface area is 129 Å². The van der Waals surface area contributed by atoms with E-state index in [4.69, 9.17) is 11.6 Å². The van der Waals surface area contributed by atoms with Gasteiger partial charge in [-0.15, -0.1) is 0 Å². The lowest BCUT2D eigenvalue weighted by Crippen LogP contribution is -3.00. The molecule has 18 heavy (non-hydrogen) atoms. The molecule has 5 heteroatoms. The summed E-state index contributed by atoms with van der Waals surface area (Å²) in [4.78, 5) is 12.0. The smallest absolute Gasteiger partial charge is 0.275 e. The zero-order valence-electron chi connectivity index (χ0n) is 9.32. The fourth-order valence-electron chi connectivity index (χ4n) is 1.47. The first-order chi connectivity index (χ1) is 8.16. The van der Waals surface area contributed by atoms with Gasteiger partial charge >= 0.3 is 0 Å². The molecular weight excluding hydrogens is 381 g/mol. The number of Topliss-reactive ketones (excluding diaryl/α,β-unsaturated/α-hetero) is 1. The van der Waals surface area contributed by atoms with Crippen LogP contribution in [0.15, 0.2) is 53.1 Å². The number of carbonyl (C=O) groups excluding carboxylic acids is 1. The molecule has 1 aromatic carbocycles. The van der Waals surface area contributed by atoms with Crippen molar-refractivity contribution in [3.63, 3.8) is 0 Å². The number of carbonyl (C=O) groups is 1. The fraction of sp³-hybridized carbons (Fsp3) is 0.0769. The Hall–Kier alpha value is -0.710. The lowest BCUT2D eigenvalue weighted by Gasteiger charge is -1.99. The molecule has 0 radical (unpaired) electrons. The minimum absolute atomic E-state index is 0. The van der Waals surface area contributed by atoms with Crippen LogP contribution in [0.25, 0.3) is 0 Å². The van der Waals surface area contributed by atoms with Crippen LogP contribution in [0.3, 0.4) is 0 Å². The van der Waals surface area contributed by atoms with Gasteiger partial charge in [-0.25, -0.2) is 0 Å². The molecule has 0 saturated heterocycles. The van der Waals surface area contributed by atoms with E-state index in [1.165, 1.54) is 0 Å². The summed E-state index contributed by atoms with van der Waals surface area (Å²) < 4.78 is 2.67.